The second-order valence-electron chi connectivity index (χ2n) is 7.23. The fraction of sp³-hybridized carbons (Fsp3) is 0.238. The van der Waals surface area contributed by atoms with Crippen molar-refractivity contribution >= 4 is 27.6 Å². The summed E-state index contributed by atoms with van der Waals surface area (Å²) in [6.07, 6.45) is -3.19. The molecule has 12 heteroatoms. The Hall–Kier alpha value is -3.38. The lowest BCUT2D eigenvalue weighted by molar-refractivity contribution is -0.137. The number of nitrogens with zero attached hydrogens (tertiary/aromatic N) is 4. The first kappa shape index (κ1) is 24.3. The van der Waals surface area contributed by atoms with Gasteiger partial charge in [-0.05, 0) is 61.1 Å². The number of benzene rings is 2. The van der Waals surface area contributed by atoms with Gasteiger partial charge < -0.3 is 10.2 Å². The number of nitrogens with one attached hydrogen (secondary N) is 2. The third-order valence-electron chi connectivity index (χ3n) is 4.94. The predicted molar refractivity (Wildman–Crippen MR) is 121 cm³/mol. The normalized spacial score (nSPS) is 12.0. The van der Waals surface area contributed by atoms with E-state index in [1.807, 2.05) is 0 Å². The van der Waals surface area contributed by atoms with Crippen molar-refractivity contribution in [2.75, 3.05) is 24.3 Å². The van der Waals surface area contributed by atoms with Crippen LogP contribution in [0.25, 0.3) is 11.1 Å². The molecule has 0 unspecified atom stereocenters. The van der Waals surface area contributed by atoms with E-state index in [-0.39, 0.29) is 27.7 Å². The summed E-state index contributed by atoms with van der Waals surface area (Å²) in [5.41, 5.74) is -0.417. The van der Waals surface area contributed by atoms with Gasteiger partial charge in [0.1, 0.15) is 0 Å². The smallest absolute Gasteiger partial charge is 0.324 e. The van der Waals surface area contributed by atoms with Crippen LogP contribution >= 0.6 is 0 Å². The highest BCUT2D eigenvalue weighted by Gasteiger charge is 2.35. The van der Waals surface area contributed by atoms with E-state index in [0.717, 1.165) is 6.07 Å². The zero-order valence-corrected chi connectivity index (χ0v) is 19.2. The summed E-state index contributed by atoms with van der Waals surface area (Å²) >= 11 is 0. The number of anilines is 3. The van der Waals surface area contributed by atoms with Crippen molar-refractivity contribution in [1.82, 2.24) is 19.5 Å². The Morgan fingerprint density at radius 3 is 2.52 bits per heavy atom. The van der Waals surface area contributed by atoms with E-state index >= 15 is 0 Å². The summed E-state index contributed by atoms with van der Waals surface area (Å²) in [6, 6.07) is 7.89. The molecule has 8 nitrogen and oxygen atoms in total. The number of hydrogen-bond donors (Lipinski definition) is 2. The molecule has 0 radical (unpaired) electrons. The molecule has 0 fully saturated rings. The summed E-state index contributed by atoms with van der Waals surface area (Å²) in [4.78, 5) is 5.70. The van der Waals surface area contributed by atoms with Crippen molar-refractivity contribution in [2.45, 2.75) is 18.0 Å². The highest BCUT2D eigenvalue weighted by molar-refractivity contribution is 7.89. The Kier molecular flexibility index (Phi) is 6.52. The van der Waals surface area contributed by atoms with Gasteiger partial charge in [-0.3, -0.25) is 0 Å². The lowest BCUT2D eigenvalue weighted by Gasteiger charge is -2.18. The first-order valence-electron chi connectivity index (χ1n) is 9.66. The summed E-state index contributed by atoms with van der Waals surface area (Å²) in [6.45, 7) is 5.16. The summed E-state index contributed by atoms with van der Waals surface area (Å²) in [5.74, 6) is 0.558. The second kappa shape index (κ2) is 8.87. The van der Waals surface area contributed by atoms with Crippen molar-refractivity contribution in [2.24, 2.45) is 7.05 Å². The van der Waals surface area contributed by atoms with Gasteiger partial charge in [0.25, 0.3) is 0 Å². The van der Waals surface area contributed by atoms with Crippen LogP contribution in [0.15, 0.2) is 54.1 Å². The fourth-order valence-corrected chi connectivity index (χ4v) is 4.02. The van der Waals surface area contributed by atoms with Gasteiger partial charge in [0, 0.05) is 19.8 Å². The minimum atomic E-state index is -4.69. The van der Waals surface area contributed by atoms with Gasteiger partial charge in [-0.1, -0.05) is 18.7 Å². The first-order chi connectivity index (χ1) is 15.4. The molecule has 0 saturated carbocycles. The van der Waals surface area contributed by atoms with Crippen molar-refractivity contribution in [3.05, 3.63) is 60.3 Å². The standard InChI is InChI=1S/C21H23F3N6O2S/c1-6-29(4)20-27-19(30(5)28-20)26-15-10-13(2)18(17(12-15)21(22,23)24)14-8-7-9-16(11-14)33(31,32)25-3/h6-12,25H,1H2,2-5H3,(H,26,27,28). The van der Waals surface area contributed by atoms with Gasteiger partial charge >= 0.3 is 6.18 Å². The van der Waals surface area contributed by atoms with E-state index in [1.165, 1.54) is 55.2 Å². The number of halogens is 3. The van der Waals surface area contributed by atoms with Crippen LogP contribution in [0.3, 0.4) is 0 Å². The molecule has 0 bridgehead atoms. The summed E-state index contributed by atoms with van der Waals surface area (Å²) < 4.78 is 70.0. The van der Waals surface area contributed by atoms with Crippen LogP contribution in [0.2, 0.25) is 0 Å². The molecule has 1 heterocycles. The molecule has 3 rings (SSSR count). The molecule has 2 N–H and O–H groups in total. The molecule has 0 aliphatic heterocycles. The molecule has 2 aromatic carbocycles. The van der Waals surface area contributed by atoms with Crippen molar-refractivity contribution in [3.8, 4) is 11.1 Å². The Labute approximate surface area is 189 Å². The largest absolute Gasteiger partial charge is 0.417 e. The third-order valence-corrected chi connectivity index (χ3v) is 6.35. The molecule has 176 valence electrons. The quantitative estimate of drug-likeness (QED) is 0.530. The van der Waals surface area contributed by atoms with Gasteiger partial charge in [0.05, 0.1) is 10.5 Å². The van der Waals surface area contributed by atoms with Gasteiger partial charge in [-0.15, -0.1) is 5.10 Å². The molecule has 0 atom stereocenters. The Morgan fingerprint density at radius 2 is 1.91 bits per heavy atom. The van der Waals surface area contributed by atoms with Crippen molar-refractivity contribution < 1.29 is 21.6 Å². The molecule has 33 heavy (non-hydrogen) atoms. The molecule has 0 aliphatic carbocycles. The van der Waals surface area contributed by atoms with Crippen LogP contribution in [-0.4, -0.2) is 37.3 Å². The van der Waals surface area contributed by atoms with Crippen LogP contribution in [0.4, 0.5) is 30.8 Å². The number of alkyl halides is 3. The number of rotatable bonds is 7. The Balaban J connectivity index is 2.12. The van der Waals surface area contributed by atoms with E-state index < -0.39 is 21.8 Å². The van der Waals surface area contributed by atoms with E-state index in [0.29, 0.717) is 11.5 Å². The Morgan fingerprint density at radius 1 is 1.21 bits per heavy atom. The highest BCUT2D eigenvalue weighted by atomic mass is 32.2. The maximum Gasteiger partial charge on any atom is 0.417 e. The minimum Gasteiger partial charge on any atom is -0.324 e. The second-order valence-corrected chi connectivity index (χ2v) is 9.11. The van der Waals surface area contributed by atoms with E-state index in [2.05, 4.69) is 26.7 Å². The molecule has 0 aliphatic rings. The van der Waals surface area contributed by atoms with Gasteiger partial charge in [0.2, 0.25) is 21.9 Å². The summed E-state index contributed by atoms with van der Waals surface area (Å²) in [5, 5.41) is 7.06. The third kappa shape index (κ3) is 5.01. The van der Waals surface area contributed by atoms with Crippen molar-refractivity contribution in [1.29, 1.82) is 0 Å². The number of aryl methyl sites for hydroxylation is 2. The highest BCUT2D eigenvalue weighted by Crippen LogP contribution is 2.41. The van der Waals surface area contributed by atoms with Crippen LogP contribution in [0.1, 0.15) is 11.1 Å². The molecular weight excluding hydrogens is 457 g/mol. The maximum atomic E-state index is 14.1. The Bertz CT molecular complexity index is 1300. The zero-order chi connectivity index (χ0) is 24.6. The number of aromatic nitrogens is 3. The molecule has 1 aromatic heterocycles. The summed E-state index contributed by atoms with van der Waals surface area (Å²) in [7, 11) is 0.709. The number of sulfonamides is 1. The first-order valence-corrected chi connectivity index (χ1v) is 11.1. The molecule has 0 spiro atoms. The van der Waals surface area contributed by atoms with E-state index in [9.17, 15) is 21.6 Å². The average molecular weight is 481 g/mol. The van der Waals surface area contributed by atoms with Crippen LogP contribution < -0.4 is 14.9 Å². The minimum absolute atomic E-state index is 0.105. The van der Waals surface area contributed by atoms with Gasteiger partial charge in [0.15, 0.2) is 0 Å². The van der Waals surface area contributed by atoms with Crippen LogP contribution in [-0.2, 0) is 23.2 Å². The topological polar surface area (TPSA) is 92.1 Å². The van der Waals surface area contributed by atoms with Crippen molar-refractivity contribution in [3.63, 3.8) is 0 Å². The SMILES string of the molecule is C=CN(C)c1nc(Nc2cc(C)c(-c3cccc(S(=O)(=O)NC)c3)c(C(F)(F)F)c2)n(C)n1. The lowest BCUT2D eigenvalue weighted by Crippen LogP contribution is -2.18. The van der Waals surface area contributed by atoms with E-state index in [1.54, 1.807) is 19.0 Å². The predicted octanol–water partition coefficient (Wildman–Crippen LogP) is 4.04. The molecule has 3 aromatic rings. The van der Waals surface area contributed by atoms with Crippen LogP contribution in [0.5, 0.6) is 0 Å². The number of hydrogen-bond acceptors (Lipinski definition) is 6. The molecular formula is C21H23F3N6O2S. The lowest BCUT2D eigenvalue weighted by atomic mass is 9.94. The molecule has 0 amide bonds. The average Bonchev–Trinajstić information content (AvgIpc) is 3.12. The van der Waals surface area contributed by atoms with E-state index in [4.69, 9.17) is 0 Å². The van der Waals surface area contributed by atoms with Gasteiger partial charge in [-0.2, -0.15) is 18.2 Å². The zero-order valence-electron chi connectivity index (χ0n) is 18.4. The maximum absolute atomic E-state index is 14.1. The van der Waals surface area contributed by atoms with Gasteiger partial charge in [-0.25, -0.2) is 17.8 Å². The van der Waals surface area contributed by atoms with Crippen LogP contribution in [0, 0.1) is 6.92 Å². The molecule has 0 saturated heterocycles. The fourth-order valence-electron chi connectivity index (χ4n) is 3.24. The monoisotopic (exact) mass is 480 g/mol.